The normalized spacial score (nSPS) is 26.9. The molecule has 1 heterocycles. The van der Waals surface area contributed by atoms with E-state index in [4.69, 9.17) is 35.9 Å². The van der Waals surface area contributed by atoms with Gasteiger partial charge in [-0.3, -0.25) is 14.4 Å². The molecule has 1 aliphatic rings. The first-order valence-corrected chi connectivity index (χ1v) is 8.11. The van der Waals surface area contributed by atoms with Crippen molar-refractivity contribution in [2.75, 3.05) is 14.2 Å². The minimum Gasteiger partial charge on any atom is -0.474 e. The summed E-state index contributed by atoms with van der Waals surface area (Å²) in [4.78, 5) is 46.8. The van der Waals surface area contributed by atoms with Crippen molar-refractivity contribution >= 4 is 41.3 Å². The third-order valence-corrected chi connectivity index (χ3v) is 3.61. The first-order chi connectivity index (χ1) is 12.6. The highest BCUT2D eigenvalue weighted by Gasteiger charge is 2.55. The summed E-state index contributed by atoms with van der Waals surface area (Å²) in [6, 6.07) is 0. The Morgan fingerprint density at radius 1 is 0.815 bits per heavy atom. The summed E-state index contributed by atoms with van der Waals surface area (Å²) >= 11 is 4.90. The molecule has 1 N–H and O–H groups in total. The molecule has 1 fully saturated rings. The number of carbonyl (C=O) groups is 4. The number of ether oxygens (including phenoxy) is 6. The van der Waals surface area contributed by atoms with Gasteiger partial charge in [0.1, 0.15) is 0 Å². The van der Waals surface area contributed by atoms with E-state index in [0.717, 1.165) is 27.9 Å². The highest BCUT2D eigenvalue weighted by Crippen LogP contribution is 2.28. The summed E-state index contributed by atoms with van der Waals surface area (Å²) in [6.07, 6.45) is -6.89. The van der Waals surface area contributed by atoms with Gasteiger partial charge in [0.2, 0.25) is 0 Å². The lowest BCUT2D eigenvalue weighted by molar-refractivity contribution is -0.251. The smallest absolute Gasteiger partial charge is 0.339 e. The fourth-order valence-corrected chi connectivity index (χ4v) is 2.52. The maximum absolute atomic E-state index is 12.1. The number of hydrogen-bond donors (Lipinski definition) is 1. The minimum absolute atomic E-state index is 0.145. The van der Waals surface area contributed by atoms with E-state index < -0.39 is 54.5 Å². The topological polar surface area (TPSA) is 136 Å². The standard InChI is InChI=1S/C15H21NO10S/c1-6(17)23-9-10(24-7(2)18)12(14(20)21-4)26-13(16-15(27)22-5)11(9)25-8(3)19/h9-13H,1-5H3,(H,16,27)/t9-,10-,11+,12-,13+/m0/s1. The van der Waals surface area contributed by atoms with Gasteiger partial charge in [-0.2, -0.15) is 0 Å². The van der Waals surface area contributed by atoms with Crippen LogP contribution in [0.3, 0.4) is 0 Å². The average molecular weight is 407 g/mol. The number of thiocarbonyl (C=S) groups is 1. The number of hydrogen-bond acceptors (Lipinski definition) is 11. The van der Waals surface area contributed by atoms with Crippen molar-refractivity contribution in [2.45, 2.75) is 51.4 Å². The highest BCUT2D eigenvalue weighted by molar-refractivity contribution is 7.80. The highest BCUT2D eigenvalue weighted by atomic mass is 32.1. The van der Waals surface area contributed by atoms with Crippen LogP contribution in [0.25, 0.3) is 0 Å². The third-order valence-electron chi connectivity index (χ3n) is 3.32. The molecule has 1 saturated heterocycles. The number of nitrogens with one attached hydrogen (secondary N) is 1. The van der Waals surface area contributed by atoms with Gasteiger partial charge in [-0.05, 0) is 12.2 Å². The van der Waals surface area contributed by atoms with Crippen LogP contribution in [0.1, 0.15) is 20.8 Å². The predicted octanol–water partition coefficient (Wildman–Crippen LogP) is -0.800. The molecule has 0 aromatic rings. The molecule has 0 unspecified atom stereocenters. The summed E-state index contributed by atoms with van der Waals surface area (Å²) in [5.74, 6) is -3.20. The maximum Gasteiger partial charge on any atom is 0.339 e. The Morgan fingerprint density at radius 3 is 1.74 bits per heavy atom. The molecule has 0 aromatic heterocycles. The molecule has 152 valence electrons. The number of esters is 4. The summed E-state index contributed by atoms with van der Waals surface area (Å²) < 4.78 is 30.5. The zero-order valence-corrected chi connectivity index (χ0v) is 16.2. The van der Waals surface area contributed by atoms with Crippen molar-refractivity contribution in [2.24, 2.45) is 0 Å². The molecule has 0 saturated carbocycles. The Kier molecular flexibility index (Phi) is 8.37. The Morgan fingerprint density at radius 2 is 1.30 bits per heavy atom. The lowest BCUT2D eigenvalue weighted by atomic mass is 9.97. The fraction of sp³-hybridized carbons (Fsp3) is 0.667. The third kappa shape index (κ3) is 6.32. The molecule has 0 radical (unpaired) electrons. The van der Waals surface area contributed by atoms with Gasteiger partial charge in [0.15, 0.2) is 30.6 Å². The van der Waals surface area contributed by atoms with Gasteiger partial charge >= 0.3 is 23.9 Å². The van der Waals surface area contributed by atoms with Crippen molar-refractivity contribution in [3.8, 4) is 0 Å². The van der Waals surface area contributed by atoms with Crippen molar-refractivity contribution < 1.29 is 47.6 Å². The average Bonchev–Trinajstić information content (AvgIpc) is 2.57. The zero-order chi connectivity index (χ0) is 20.7. The molecular weight excluding hydrogens is 386 g/mol. The lowest BCUT2D eigenvalue weighted by Gasteiger charge is -2.43. The van der Waals surface area contributed by atoms with E-state index in [-0.39, 0.29) is 5.17 Å². The number of methoxy groups -OCH3 is 2. The molecule has 11 nitrogen and oxygen atoms in total. The van der Waals surface area contributed by atoms with Crippen molar-refractivity contribution in [3.05, 3.63) is 0 Å². The van der Waals surface area contributed by atoms with Gasteiger partial charge in [-0.15, -0.1) is 0 Å². The Balaban J connectivity index is 3.38. The Bertz CT molecular complexity index is 609. The molecule has 0 spiro atoms. The molecule has 12 heteroatoms. The van der Waals surface area contributed by atoms with Crippen LogP contribution >= 0.6 is 12.2 Å². The molecule has 0 aromatic carbocycles. The largest absolute Gasteiger partial charge is 0.474 e. The molecule has 5 atom stereocenters. The van der Waals surface area contributed by atoms with Crippen LogP contribution in [0.2, 0.25) is 0 Å². The van der Waals surface area contributed by atoms with Crippen LogP contribution in [-0.4, -0.2) is 73.9 Å². The second kappa shape index (κ2) is 10.0. The van der Waals surface area contributed by atoms with Crippen molar-refractivity contribution in [1.29, 1.82) is 0 Å². The molecule has 1 rings (SSSR count). The van der Waals surface area contributed by atoms with Crippen molar-refractivity contribution in [1.82, 2.24) is 5.32 Å². The SMILES string of the molecule is COC(=O)[C@H]1O[C@@H](NC(=S)OC)[C@H](OC(C)=O)[C@@H](OC(C)=O)[C@@H]1OC(C)=O. The molecule has 0 bridgehead atoms. The summed E-state index contributed by atoms with van der Waals surface area (Å²) in [5, 5.41) is 2.44. The van der Waals surface area contributed by atoms with E-state index in [1.54, 1.807) is 0 Å². The van der Waals surface area contributed by atoms with Gasteiger partial charge in [0.25, 0.3) is 5.17 Å². The van der Waals surface area contributed by atoms with Crippen LogP contribution in [-0.2, 0) is 47.6 Å². The molecule has 0 amide bonds. The zero-order valence-electron chi connectivity index (χ0n) is 15.4. The number of carbonyl (C=O) groups excluding carboxylic acids is 4. The quantitative estimate of drug-likeness (QED) is 0.347. The van der Waals surface area contributed by atoms with E-state index >= 15 is 0 Å². The predicted molar refractivity (Wildman–Crippen MR) is 90.1 cm³/mol. The monoisotopic (exact) mass is 407 g/mol. The summed E-state index contributed by atoms with van der Waals surface area (Å²) in [5.41, 5.74) is 0. The molecular formula is C15H21NO10S. The molecule has 27 heavy (non-hydrogen) atoms. The molecule has 0 aliphatic carbocycles. The summed E-state index contributed by atoms with van der Waals surface area (Å²) in [7, 11) is 2.37. The van der Waals surface area contributed by atoms with Gasteiger partial charge < -0.3 is 33.7 Å². The number of rotatable bonds is 5. The van der Waals surface area contributed by atoms with Crippen LogP contribution in [0, 0.1) is 0 Å². The van der Waals surface area contributed by atoms with E-state index in [1.165, 1.54) is 7.11 Å². The van der Waals surface area contributed by atoms with Crippen LogP contribution in [0.15, 0.2) is 0 Å². The Labute approximate surface area is 160 Å². The second-order valence-electron chi connectivity index (χ2n) is 5.36. The van der Waals surface area contributed by atoms with Gasteiger partial charge in [-0.1, -0.05) is 0 Å². The van der Waals surface area contributed by atoms with E-state index in [1.807, 2.05) is 0 Å². The summed E-state index contributed by atoms with van der Waals surface area (Å²) in [6.45, 7) is 3.30. The first-order valence-electron chi connectivity index (χ1n) is 7.70. The second-order valence-corrected chi connectivity index (χ2v) is 5.73. The molecule has 1 aliphatic heterocycles. The fourth-order valence-electron chi connectivity index (χ4n) is 2.41. The van der Waals surface area contributed by atoms with Crippen LogP contribution in [0.4, 0.5) is 0 Å². The van der Waals surface area contributed by atoms with Crippen LogP contribution < -0.4 is 5.32 Å². The Hall–Kier alpha value is -2.47. The van der Waals surface area contributed by atoms with E-state index in [9.17, 15) is 19.2 Å². The van der Waals surface area contributed by atoms with Gasteiger partial charge in [0.05, 0.1) is 14.2 Å². The van der Waals surface area contributed by atoms with E-state index in [0.29, 0.717) is 0 Å². The first kappa shape index (κ1) is 22.6. The maximum atomic E-state index is 12.1. The minimum atomic E-state index is -1.49. The van der Waals surface area contributed by atoms with E-state index in [2.05, 4.69) is 10.1 Å². The van der Waals surface area contributed by atoms with Gasteiger partial charge in [0, 0.05) is 20.8 Å². The van der Waals surface area contributed by atoms with Gasteiger partial charge in [-0.25, -0.2) is 4.79 Å². The van der Waals surface area contributed by atoms with Crippen molar-refractivity contribution in [3.63, 3.8) is 0 Å². The van der Waals surface area contributed by atoms with Crippen LogP contribution in [0.5, 0.6) is 0 Å². The lowest BCUT2D eigenvalue weighted by Crippen LogP contribution is -2.66.